The van der Waals surface area contributed by atoms with E-state index in [4.69, 9.17) is 9.47 Å². The van der Waals surface area contributed by atoms with Crippen molar-refractivity contribution >= 4 is 27.8 Å². The summed E-state index contributed by atoms with van der Waals surface area (Å²) >= 11 is 0. The molecule has 2 amide bonds. The lowest BCUT2D eigenvalue weighted by Crippen LogP contribution is -2.49. The Morgan fingerprint density at radius 3 is 2.18 bits per heavy atom. The van der Waals surface area contributed by atoms with E-state index in [0.29, 0.717) is 5.75 Å². The Bertz CT molecular complexity index is 813. The van der Waals surface area contributed by atoms with Crippen molar-refractivity contribution in [1.82, 2.24) is 10.6 Å². The molecule has 0 aromatic heterocycles. The van der Waals surface area contributed by atoms with E-state index in [2.05, 4.69) is 10.6 Å². The number of hydrogen-bond donors (Lipinski definition) is 3. The van der Waals surface area contributed by atoms with Gasteiger partial charge in [-0.05, 0) is 45.0 Å². The highest BCUT2D eigenvalue weighted by Gasteiger charge is 2.28. The van der Waals surface area contributed by atoms with Gasteiger partial charge in [-0.15, -0.1) is 0 Å². The van der Waals surface area contributed by atoms with Gasteiger partial charge in [-0.2, -0.15) is 0 Å². The largest absolute Gasteiger partial charge is 0.497 e. The normalized spacial score (nSPS) is 12.6. The molecule has 0 aliphatic rings. The van der Waals surface area contributed by atoms with Crippen LogP contribution in [0.1, 0.15) is 20.8 Å². The van der Waals surface area contributed by atoms with Gasteiger partial charge in [-0.25, -0.2) is 18.0 Å². The zero-order valence-electron chi connectivity index (χ0n) is 16.0. The number of sulfone groups is 1. The second kappa shape index (κ2) is 9.40. The van der Waals surface area contributed by atoms with Gasteiger partial charge in [0, 0.05) is 0 Å². The van der Waals surface area contributed by atoms with Crippen LogP contribution in [0.25, 0.3) is 0 Å². The maximum Gasteiger partial charge on any atom is 0.408 e. The first-order valence-corrected chi connectivity index (χ1v) is 9.85. The summed E-state index contributed by atoms with van der Waals surface area (Å²) in [5.74, 6) is -2.81. The van der Waals surface area contributed by atoms with Gasteiger partial charge >= 0.3 is 12.1 Å². The standard InChI is InChI=1S/C17H24N2O8S/c1-17(2,3)27-16(23)18-9-14(20)19-13(15(21)22)10-28(24,25)12-7-5-11(26-4)6-8-12/h5-8,13H,9-10H2,1-4H3,(H,18,23)(H,19,20)(H,21,22). The number of carboxylic acid groups (broad SMARTS) is 1. The lowest BCUT2D eigenvalue weighted by atomic mass is 10.2. The molecule has 1 aromatic carbocycles. The van der Waals surface area contributed by atoms with Gasteiger partial charge in [-0.1, -0.05) is 0 Å². The molecule has 0 spiro atoms. The molecule has 0 fully saturated rings. The average Bonchev–Trinajstić information content (AvgIpc) is 2.57. The van der Waals surface area contributed by atoms with Gasteiger partial charge in [0.25, 0.3) is 0 Å². The summed E-state index contributed by atoms with van der Waals surface area (Å²) in [6.07, 6.45) is -0.861. The molecule has 3 N–H and O–H groups in total. The predicted molar refractivity (Wildman–Crippen MR) is 98.9 cm³/mol. The molecular formula is C17H24N2O8S. The Morgan fingerprint density at radius 1 is 1.14 bits per heavy atom. The van der Waals surface area contributed by atoms with E-state index in [1.165, 1.54) is 31.4 Å². The van der Waals surface area contributed by atoms with E-state index >= 15 is 0 Å². The number of rotatable bonds is 8. The van der Waals surface area contributed by atoms with Gasteiger partial charge < -0.3 is 25.2 Å². The van der Waals surface area contributed by atoms with E-state index in [9.17, 15) is 27.9 Å². The predicted octanol–water partition coefficient (Wildman–Crippen LogP) is 0.563. The van der Waals surface area contributed by atoms with Crippen LogP contribution in [0.2, 0.25) is 0 Å². The van der Waals surface area contributed by atoms with Crippen LogP contribution >= 0.6 is 0 Å². The van der Waals surface area contributed by atoms with Gasteiger partial charge in [0.05, 0.1) is 17.8 Å². The zero-order chi connectivity index (χ0) is 21.5. The molecule has 1 aromatic rings. The Labute approximate surface area is 163 Å². The van der Waals surface area contributed by atoms with Crippen LogP contribution in [0.15, 0.2) is 29.2 Å². The monoisotopic (exact) mass is 416 g/mol. The summed E-state index contributed by atoms with van der Waals surface area (Å²) in [4.78, 5) is 34.6. The Hall–Kier alpha value is -2.82. The molecule has 11 heteroatoms. The molecule has 0 radical (unpaired) electrons. The summed E-state index contributed by atoms with van der Waals surface area (Å²) < 4.78 is 34.7. The maximum absolute atomic E-state index is 12.4. The first-order chi connectivity index (χ1) is 12.8. The highest BCUT2D eigenvalue weighted by Crippen LogP contribution is 2.17. The fourth-order valence-electron chi connectivity index (χ4n) is 1.99. The molecule has 10 nitrogen and oxygen atoms in total. The molecule has 0 saturated carbocycles. The topological polar surface area (TPSA) is 148 Å². The maximum atomic E-state index is 12.4. The third kappa shape index (κ3) is 7.82. The summed E-state index contributed by atoms with van der Waals surface area (Å²) in [6.45, 7) is 4.34. The van der Waals surface area contributed by atoms with Crippen molar-refractivity contribution in [2.75, 3.05) is 19.4 Å². The summed E-state index contributed by atoms with van der Waals surface area (Å²) in [5.41, 5.74) is -0.767. The number of carbonyl (C=O) groups excluding carboxylic acids is 2. The van der Waals surface area contributed by atoms with Crippen LogP contribution in [0.3, 0.4) is 0 Å². The Morgan fingerprint density at radius 2 is 1.71 bits per heavy atom. The first-order valence-electron chi connectivity index (χ1n) is 8.20. The number of carboxylic acids is 1. The van der Waals surface area contributed by atoms with Crippen LogP contribution in [0, 0.1) is 0 Å². The minimum atomic E-state index is -3.99. The molecular weight excluding hydrogens is 392 g/mol. The van der Waals surface area contributed by atoms with Crippen LogP contribution < -0.4 is 15.4 Å². The highest BCUT2D eigenvalue weighted by molar-refractivity contribution is 7.91. The molecule has 28 heavy (non-hydrogen) atoms. The Balaban J connectivity index is 2.73. The van der Waals surface area contributed by atoms with Crippen molar-refractivity contribution < 1.29 is 37.4 Å². The Kier molecular flexibility index (Phi) is 7.79. The van der Waals surface area contributed by atoms with E-state index in [1.54, 1.807) is 20.8 Å². The number of carbonyl (C=O) groups is 3. The zero-order valence-corrected chi connectivity index (χ0v) is 16.8. The lowest BCUT2D eigenvalue weighted by Gasteiger charge is -2.20. The summed E-state index contributed by atoms with van der Waals surface area (Å²) in [5, 5.41) is 13.5. The van der Waals surface area contributed by atoms with Gasteiger partial charge in [0.1, 0.15) is 23.9 Å². The SMILES string of the molecule is COc1ccc(S(=O)(=O)CC(NC(=O)CNC(=O)OC(C)(C)C)C(=O)O)cc1. The van der Waals surface area contributed by atoms with E-state index in [1.807, 2.05) is 0 Å². The fraction of sp³-hybridized carbons (Fsp3) is 0.471. The molecule has 0 aliphatic carbocycles. The molecule has 1 atom stereocenters. The number of ether oxygens (including phenoxy) is 2. The third-order valence-corrected chi connectivity index (χ3v) is 4.99. The number of methoxy groups -OCH3 is 1. The third-order valence-electron chi connectivity index (χ3n) is 3.23. The molecule has 0 saturated heterocycles. The van der Waals surface area contributed by atoms with E-state index in [-0.39, 0.29) is 4.90 Å². The molecule has 0 bridgehead atoms. The van der Waals surface area contributed by atoms with Crippen LogP contribution in [-0.2, 0) is 24.2 Å². The number of amides is 2. The minimum absolute atomic E-state index is 0.110. The van der Waals surface area contributed by atoms with Gasteiger partial charge in [0.2, 0.25) is 5.91 Å². The first kappa shape index (κ1) is 23.2. The molecule has 1 rings (SSSR count). The lowest BCUT2D eigenvalue weighted by molar-refractivity contribution is -0.141. The number of benzene rings is 1. The van der Waals surface area contributed by atoms with Crippen molar-refractivity contribution in [2.45, 2.75) is 37.3 Å². The summed E-state index contributed by atoms with van der Waals surface area (Å²) in [6, 6.07) is 3.70. The van der Waals surface area contributed by atoms with Crippen LogP contribution in [-0.4, -0.2) is 62.5 Å². The minimum Gasteiger partial charge on any atom is -0.497 e. The molecule has 0 heterocycles. The highest BCUT2D eigenvalue weighted by atomic mass is 32.2. The number of aliphatic carboxylic acids is 1. The number of alkyl carbamates (subject to hydrolysis) is 1. The van der Waals surface area contributed by atoms with Gasteiger partial charge in [-0.3, -0.25) is 4.79 Å². The van der Waals surface area contributed by atoms with Crippen molar-refractivity contribution in [3.05, 3.63) is 24.3 Å². The second-order valence-corrected chi connectivity index (χ2v) is 8.80. The molecule has 156 valence electrons. The smallest absolute Gasteiger partial charge is 0.408 e. The van der Waals surface area contributed by atoms with Crippen molar-refractivity contribution in [1.29, 1.82) is 0 Å². The summed E-state index contributed by atoms with van der Waals surface area (Å²) in [7, 11) is -2.57. The average molecular weight is 416 g/mol. The van der Waals surface area contributed by atoms with Crippen molar-refractivity contribution in [3.8, 4) is 5.75 Å². The van der Waals surface area contributed by atoms with Gasteiger partial charge in [0.15, 0.2) is 9.84 Å². The number of hydrogen-bond acceptors (Lipinski definition) is 7. The van der Waals surface area contributed by atoms with E-state index in [0.717, 1.165) is 0 Å². The van der Waals surface area contributed by atoms with E-state index < -0.39 is 51.7 Å². The molecule has 1 unspecified atom stereocenters. The molecule has 0 aliphatic heterocycles. The van der Waals surface area contributed by atoms with Crippen molar-refractivity contribution in [2.24, 2.45) is 0 Å². The van der Waals surface area contributed by atoms with Crippen LogP contribution in [0.5, 0.6) is 5.75 Å². The van der Waals surface area contributed by atoms with Crippen LogP contribution in [0.4, 0.5) is 4.79 Å². The fourth-order valence-corrected chi connectivity index (χ4v) is 3.39. The quantitative estimate of drug-likeness (QED) is 0.557. The van der Waals surface area contributed by atoms with Crippen molar-refractivity contribution in [3.63, 3.8) is 0 Å². The second-order valence-electron chi connectivity index (χ2n) is 6.77. The number of nitrogens with one attached hydrogen (secondary N) is 2.